The molecule has 2 aliphatic rings. The SMILES string of the molecule is O=C1OC[C@H]2C1NC(=O)N2Cc1ccccc1. The number of esters is 1. The van der Waals surface area contributed by atoms with Crippen molar-refractivity contribution < 1.29 is 14.3 Å². The predicted octanol–water partition coefficient (Wildman–Crippen LogP) is 0.506. The molecule has 1 aromatic carbocycles. The number of carbonyl (C=O) groups is 2. The Morgan fingerprint density at radius 1 is 1.29 bits per heavy atom. The quantitative estimate of drug-likeness (QED) is 0.756. The van der Waals surface area contributed by atoms with E-state index in [0.717, 1.165) is 5.56 Å². The Morgan fingerprint density at radius 3 is 2.82 bits per heavy atom. The van der Waals surface area contributed by atoms with Gasteiger partial charge in [0.25, 0.3) is 0 Å². The molecule has 1 aromatic rings. The zero-order chi connectivity index (χ0) is 11.8. The maximum absolute atomic E-state index is 11.7. The Balaban J connectivity index is 1.79. The van der Waals surface area contributed by atoms with Gasteiger partial charge in [0, 0.05) is 6.54 Å². The zero-order valence-corrected chi connectivity index (χ0v) is 9.13. The third kappa shape index (κ3) is 1.63. The molecule has 2 saturated heterocycles. The Hall–Kier alpha value is -2.04. The van der Waals surface area contributed by atoms with Gasteiger partial charge in [-0.25, -0.2) is 9.59 Å². The number of cyclic esters (lactones) is 1. The molecule has 5 nitrogen and oxygen atoms in total. The van der Waals surface area contributed by atoms with Gasteiger partial charge in [0.2, 0.25) is 0 Å². The molecule has 88 valence electrons. The van der Waals surface area contributed by atoms with Crippen LogP contribution in [0.15, 0.2) is 30.3 Å². The Kier molecular flexibility index (Phi) is 2.24. The summed E-state index contributed by atoms with van der Waals surface area (Å²) in [6.07, 6.45) is 0. The highest BCUT2D eigenvalue weighted by molar-refractivity contribution is 5.90. The van der Waals surface area contributed by atoms with Crippen molar-refractivity contribution in [2.75, 3.05) is 6.61 Å². The molecule has 2 atom stereocenters. The van der Waals surface area contributed by atoms with E-state index in [0.29, 0.717) is 6.54 Å². The molecule has 0 bridgehead atoms. The van der Waals surface area contributed by atoms with Crippen molar-refractivity contribution in [2.45, 2.75) is 18.6 Å². The Bertz CT molecular complexity index is 460. The third-order valence-electron chi connectivity index (χ3n) is 3.17. The number of nitrogens with one attached hydrogen (secondary N) is 1. The Labute approximate surface area is 98.4 Å². The molecule has 0 saturated carbocycles. The monoisotopic (exact) mass is 232 g/mol. The lowest BCUT2D eigenvalue weighted by molar-refractivity contribution is -0.139. The third-order valence-corrected chi connectivity index (χ3v) is 3.17. The fourth-order valence-electron chi connectivity index (χ4n) is 2.27. The minimum atomic E-state index is -0.494. The van der Waals surface area contributed by atoms with E-state index >= 15 is 0 Å². The van der Waals surface area contributed by atoms with Crippen LogP contribution in [0.2, 0.25) is 0 Å². The average Bonchev–Trinajstić information content (AvgIpc) is 2.83. The predicted molar refractivity (Wildman–Crippen MR) is 59.1 cm³/mol. The number of ether oxygens (including phenoxy) is 1. The van der Waals surface area contributed by atoms with Gasteiger partial charge in [-0.15, -0.1) is 0 Å². The first-order chi connectivity index (χ1) is 8.25. The minimum absolute atomic E-state index is 0.171. The number of carbonyl (C=O) groups excluding carboxylic acids is 2. The average molecular weight is 232 g/mol. The van der Waals surface area contributed by atoms with E-state index < -0.39 is 6.04 Å². The van der Waals surface area contributed by atoms with Crippen molar-refractivity contribution in [1.29, 1.82) is 0 Å². The van der Waals surface area contributed by atoms with Crippen molar-refractivity contribution in [2.24, 2.45) is 0 Å². The van der Waals surface area contributed by atoms with Gasteiger partial charge in [0.1, 0.15) is 6.61 Å². The Morgan fingerprint density at radius 2 is 2.06 bits per heavy atom. The molecular weight excluding hydrogens is 220 g/mol. The van der Waals surface area contributed by atoms with Crippen LogP contribution in [0, 0.1) is 0 Å². The maximum atomic E-state index is 11.7. The topological polar surface area (TPSA) is 58.6 Å². The minimum Gasteiger partial charge on any atom is -0.462 e. The van der Waals surface area contributed by atoms with E-state index in [2.05, 4.69) is 5.32 Å². The second-order valence-corrected chi connectivity index (χ2v) is 4.24. The van der Waals surface area contributed by atoms with Crippen molar-refractivity contribution in [3.05, 3.63) is 35.9 Å². The molecule has 5 heteroatoms. The lowest BCUT2D eigenvalue weighted by Crippen LogP contribution is -2.36. The molecule has 17 heavy (non-hydrogen) atoms. The van der Waals surface area contributed by atoms with E-state index in [1.807, 2.05) is 30.3 Å². The fraction of sp³-hybridized carbons (Fsp3) is 0.333. The largest absolute Gasteiger partial charge is 0.462 e. The molecule has 2 amide bonds. The molecule has 1 unspecified atom stereocenters. The van der Waals surface area contributed by atoms with Gasteiger partial charge in [-0.05, 0) is 5.56 Å². The number of hydrogen-bond acceptors (Lipinski definition) is 3. The first kappa shape index (κ1) is 10.1. The molecule has 1 N–H and O–H groups in total. The first-order valence-electron chi connectivity index (χ1n) is 5.53. The molecule has 0 aromatic heterocycles. The highest BCUT2D eigenvalue weighted by atomic mass is 16.5. The van der Waals surface area contributed by atoms with Crippen LogP contribution in [0.25, 0.3) is 0 Å². The number of urea groups is 1. The summed E-state index contributed by atoms with van der Waals surface area (Å²) in [6.45, 7) is 0.791. The van der Waals surface area contributed by atoms with Crippen LogP contribution in [-0.2, 0) is 16.1 Å². The van der Waals surface area contributed by atoms with E-state index in [1.54, 1.807) is 4.90 Å². The van der Waals surface area contributed by atoms with E-state index in [9.17, 15) is 9.59 Å². The van der Waals surface area contributed by atoms with Crippen LogP contribution in [0.5, 0.6) is 0 Å². The molecule has 2 fully saturated rings. The van der Waals surface area contributed by atoms with Gasteiger partial charge in [0.15, 0.2) is 6.04 Å². The summed E-state index contributed by atoms with van der Waals surface area (Å²) in [5.74, 6) is -0.334. The standard InChI is InChI=1S/C12H12N2O3/c15-11-10-9(7-17-11)14(12(16)13-10)6-8-4-2-1-3-5-8/h1-5,9-10H,6-7H2,(H,13,16)/t9-,10?/m0/s1. The summed E-state index contributed by atoms with van der Waals surface area (Å²) < 4.78 is 4.94. The van der Waals surface area contributed by atoms with Gasteiger partial charge in [-0.2, -0.15) is 0 Å². The van der Waals surface area contributed by atoms with Crippen molar-refractivity contribution in [3.8, 4) is 0 Å². The first-order valence-corrected chi connectivity index (χ1v) is 5.53. The molecule has 0 spiro atoms. The summed E-state index contributed by atoms with van der Waals surface area (Å²) in [4.78, 5) is 24.7. The normalized spacial score (nSPS) is 26.7. The van der Waals surface area contributed by atoms with Gasteiger partial charge in [-0.1, -0.05) is 30.3 Å². The van der Waals surface area contributed by atoms with E-state index in [1.165, 1.54) is 0 Å². The summed E-state index contributed by atoms with van der Waals surface area (Å²) in [7, 11) is 0. The van der Waals surface area contributed by atoms with Crippen molar-refractivity contribution in [1.82, 2.24) is 10.2 Å². The van der Waals surface area contributed by atoms with Crippen LogP contribution >= 0.6 is 0 Å². The summed E-state index contributed by atoms with van der Waals surface area (Å²) in [5, 5.41) is 2.65. The van der Waals surface area contributed by atoms with Gasteiger partial charge in [-0.3, -0.25) is 0 Å². The molecule has 0 aliphatic carbocycles. The van der Waals surface area contributed by atoms with Crippen LogP contribution in [0.4, 0.5) is 4.79 Å². The smallest absolute Gasteiger partial charge is 0.331 e. The molecule has 2 aliphatic heterocycles. The lowest BCUT2D eigenvalue weighted by atomic mass is 10.1. The van der Waals surface area contributed by atoms with E-state index in [-0.39, 0.29) is 24.6 Å². The fourth-order valence-corrected chi connectivity index (χ4v) is 2.27. The number of amides is 2. The number of fused-ring (bicyclic) bond motifs is 1. The summed E-state index contributed by atoms with van der Waals surface area (Å²) >= 11 is 0. The van der Waals surface area contributed by atoms with Crippen LogP contribution in [0.1, 0.15) is 5.56 Å². The number of nitrogens with zero attached hydrogens (tertiary/aromatic N) is 1. The number of rotatable bonds is 2. The summed E-state index contributed by atoms with van der Waals surface area (Å²) in [5.41, 5.74) is 1.04. The zero-order valence-electron chi connectivity index (χ0n) is 9.13. The van der Waals surface area contributed by atoms with Gasteiger partial charge in [0.05, 0.1) is 6.04 Å². The molecular formula is C12H12N2O3. The summed E-state index contributed by atoms with van der Waals surface area (Å²) in [6, 6.07) is 8.84. The van der Waals surface area contributed by atoms with Crippen molar-refractivity contribution >= 4 is 12.0 Å². The number of benzene rings is 1. The van der Waals surface area contributed by atoms with E-state index in [4.69, 9.17) is 4.74 Å². The van der Waals surface area contributed by atoms with Crippen LogP contribution in [-0.4, -0.2) is 35.6 Å². The molecule has 3 rings (SSSR count). The van der Waals surface area contributed by atoms with Gasteiger partial charge < -0.3 is 15.0 Å². The highest BCUT2D eigenvalue weighted by Gasteiger charge is 2.49. The molecule has 0 radical (unpaired) electrons. The van der Waals surface area contributed by atoms with Crippen LogP contribution < -0.4 is 5.32 Å². The molecule has 2 heterocycles. The maximum Gasteiger partial charge on any atom is 0.331 e. The van der Waals surface area contributed by atoms with Crippen molar-refractivity contribution in [3.63, 3.8) is 0 Å². The van der Waals surface area contributed by atoms with Crippen LogP contribution in [0.3, 0.4) is 0 Å². The van der Waals surface area contributed by atoms with Gasteiger partial charge >= 0.3 is 12.0 Å². The second-order valence-electron chi connectivity index (χ2n) is 4.24. The highest BCUT2D eigenvalue weighted by Crippen LogP contribution is 2.23. The lowest BCUT2D eigenvalue weighted by Gasteiger charge is -2.20. The number of hydrogen-bond donors (Lipinski definition) is 1. The second kappa shape index (κ2) is 3.76.